The van der Waals surface area contributed by atoms with Gasteiger partial charge in [-0.15, -0.1) is 0 Å². The molecule has 2 aromatic heterocycles. The summed E-state index contributed by atoms with van der Waals surface area (Å²) < 4.78 is 26.4. The number of nitrogens with zero attached hydrogens (tertiary/aromatic N) is 2. The van der Waals surface area contributed by atoms with Crippen LogP contribution in [0, 0.1) is 0 Å². The van der Waals surface area contributed by atoms with Gasteiger partial charge in [0.15, 0.2) is 5.13 Å². The Bertz CT molecular complexity index is 547. The first-order valence-electron chi connectivity index (χ1n) is 3.71. The third-order valence-electron chi connectivity index (χ3n) is 1.48. The molecular formula is C6H5BrN4O2S2. The quantitative estimate of drug-likeness (QED) is 0.898. The lowest BCUT2D eigenvalue weighted by molar-refractivity contribution is 0.601. The highest BCUT2D eigenvalue weighted by molar-refractivity contribution is 9.11. The van der Waals surface area contributed by atoms with Crippen molar-refractivity contribution >= 4 is 42.4 Å². The number of aromatic nitrogens is 3. The van der Waals surface area contributed by atoms with E-state index in [-0.39, 0.29) is 4.90 Å². The molecule has 0 radical (unpaired) electrons. The van der Waals surface area contributed by atoms with Crippen LogP contribution in [0.25, 0.3) is 0 Å². The second kappa shape index (κ2) is 3.91. The maximum atomic E-state index is 11.7. The maximum absolute atomic E-state index is 11.7. The van der Waals surface area contributed by atoms with Crippen LogP contribution in [0.15, 0.2) is 27.3 Å². The van der Waals surface area contributed by atoms with E-state index < -0.39 is 10.0 Å². The lowest BCUT2D eigenvalue weighted by atomic mass is 10.7. The number of H-pyrrole nitrogens is 1. The highest BCUT2D eigenvalue weighted by Gasteiger charge is 2.16. The molecule has 0 spiro atoms. The van der Waals surface area contributed by atoms with Crippen LogP contribution in [0.4, 0.5) is 5.13 Å². The van der Waals surface area contributed by atoms with E-state index in [9.17, 15) is 8.42 Å². The number of nitrogens with one attached hydrogen (secondary N) is 2. The molecule has 0 atom stereocenters. The minimum Gasteiger partial charge on any atom is -0.284 e. The van der Waals surface area contributed by atoms with Gasteiger partial charge in [0.2, 0.25) is 0 Å². The number of hydrogen-bond donors (Lipinski definition) is 2. The SMILES string of the molecule is O=S(=O)(Nc1ncc(Br)s1)c1cn[nH]c1. The Morgan fingerprint density at radius 2 is 2.27 bits per heavy atom. The van der Waals surface area contributed by atoms with Crippen molar-refractivity contribution < 1.29 is 8.42 Å². The highest BCUT2D eigenvalue weighted by Crippen LogP contribution is 2.25. The number of halogens is 1. The Morgan fingerprint density at radius 1 is 1.47 bits per heavy atom. The number of anilines is 1. The molecule has 15 heavy (non-hydrogen) atoms. The van der Waals surface area contributed by atoms with Gasteiger partial charge in [0, 0.05) is 6.20 Å². The van der Waals surface area contributed by atoms with Gasteiger partial charge in [-0.25, -0.2) is 13.4 Å². The van der Waals surface area contributed by atoms with Crippen LogP contribution in [0.3, 0.4) is 0 Å². The Kier molecular flexibility index (Phi) is 2.76. The molecule has 0 unspecified atom stereocenters. The first-order valence-corrected chi connectivity index (χ1v) is 6.80. The zero-order valence-electron chi connectivity index (χ0n) is 7.14. The monoisotopic (exact) mass is 308 g/mol. The van der Waals surface area contributed by atoms with Gasteiger partial charge in [0.05, 0.1) is 16.2 Å². The minimum absolute atomic E-state index is 0.0776. The predicted molar refractivity (Wildman–Crippen MR) is 59.2 cm³/mol. The van der Waals surface area contributed by atoms with Crippen molar-refractivity contribution in [2.75, 3.05) is 4.72 Å². The molecular weight excluding hydrogens is 304 g/mol. The summed E-state index contributed by atoms with van der Waals surface area (Å²) in [6, 6.07) is 0. The van der Waals surface area contributed by atoms with Gasteiger partial charge in [-0.3, -0.25) is 9.82 Å². The van der Waals surface area contributed by atoms with Gasteiger partial charge in [0.25, 0.3) is 10.0 Å². The van der Waals surface area contributed by atoms with E-state index in [1.54, 1.807) is 0 Å². The van der Waals surface area contributed by atoms with Crippen molar-refractivity contribution in [1.82, 2.24) is 15.2 Å². The van der Waals surface area contributed by atoms with Crippen molar-refractivity contribution in [2.45, 2.75) is 4.90 Å². The molecule has 2 aromatic rings. The van der Waals surface area contributed by atoms with Gasteiger partial charge in [0.1, 0.15) is 4.90 Å². The molecule has 2 N–H and O–H groups in total. The van der Waals surface area contributed by atoms with E-state index in [4.69, 9.17) is 0 Å². The summed E-state index contributed by atoms with van der Waals surface area (Å²) in [6.45, 7) is 0. The Hall–Kier alpha value is -0.930. The Morgan fingerprint density at radius 3 is 2.80 bits per heavy atom. The van der Waals surface area contributed by atoms with Gasteiger partial charge in [-0.2, -0.15) is 5.10 Å². The first-order chi connectivity index (χ1) is 7.08. The molecule has 0 saturated carbocycles. The molecule has 0 fully saturated rings. The third-order valence-corrected chi connectivity index (χ3v) is 4.31. The second-order valence-corrected chi connectivity index (χ2v) is 6.60. The number of rotatable bonds is 3. The summed E-state index contributed by atoms with van der Waals surface area (Å²) in [5, 5.41) is 6.30. The number of hydrogen-bond acceptors (Lipinski definition) is 5. The minimum atomic E-state index is -3.57. The molecule has 6 nitrogen and oxygen atoms in total. The molecule has 0 bridgehead atoms. The van der Waals surface area contributed by atoms with Crippen LogP contribution < -0.4 is 4.72 Å². The summed E-state index contributed by atoms with van der Waals surface area (Å²) in [5.41, 5.74) is 0. The zero-order chi connectivity index (χ0) is 10.9. The average molecular weight is 309 g/mol. The van der Waals surface area contributed by atoms with Crippen LogP contribution in [-0.2, 0) is 10.0 Å². The van der Waals surface area contributed by atoms with Crippen molar-refractivity contribution in [3.05, 3.63) is 22.4 Å². The van der Waals surface area contributed by atoms with E-state index in [2.05, 4.69) is 35.8 Å². The topological polar surface area (TPSA) is 87.7 Å². The summed E-state index contributed by atoms with van der Waals surface area (Å²) in [4.78, 5) is 3.94. The van der Waals surface area contributed by atoms with E-state index in [0.717, 1.165) is 3.79 Å². The predicted octanol–water partition coefficient (Wildman–Crippen LogP) is 1.43. The fourth-order valence-electron chi connectivity index (χ4n) is 0.861. The van der Waals surface area contributed by atoms with Crippen molar-refractivity contribution in [1.29, 1.82) is 0 Å². The van der Waals surface area contributed by atoms with Crippen LogP contribution in [-0.4, -0.2) is 23.6 Å². The summed E-state index contributed by atoms with van der Waals surface area (Å²) in [5.74, 6) is 0. The average Bonchev–Trinajstić information content (AvgIpc) is 2.75. The molecule has 0 saturated heterocycles. The van der Waals surface area contributed by atoms with Crippen molar-refractivity contribution in [3.63, 3.8) is 0 Å². The largest absolute Gasteiger partial charge is 0.284 e. The lowest BCUT2D eigenvalue weighted by Crippen LogP contribution is -2.11. The van der Waals surface area contributed by atoms with E-state index in [0.29, 0.717) is 5.13 Å². The fourth-order valence-corrected chi connectivity index (χ4v) is 3.11. The summed E-state index contributed by atoms with van der Waals surface area (Å²) in [7, 11) is -3.57. The van der Waals surface area contributed by atoms with Crippen LogP contribution in [0.2, 0.25) is 0 Å². The van der Waals surface area contributed by atoms with Gasteiger partial charge < -0.3 is 0 Å². The number of thiazole rings is 1. The second-order valence-electron chi connectivity index (χ2n) is 2.51. The summed E-state index contributed by atoms with van der Waals surface area (Å²) >= 11 is 4.39. The standard InChI is InChI=1S/C6H5BrN4O2S2/c7-5-3-8-6(14-5)11-15(12,13)4-1-9-10-2-4/h1-3H,(H,8,11)(H,9,10). The maximum Gasteiger partial charge on any atom is 0.266 e. The number of sulfonamides is 1. The van der Waals surface area contributed by atoms with Gasteiger partial charge >= 0.3 is 0 Å². The first kappa shape index (κ1) is 10.6. The normalized spacial score (nSPS) is 11.5. The van der Waals surface area contributed by atoms with Crippen molar-refractivity contribution in [3.8, 4) is 0 Å². The smallest absolute Gasteiger partial charge is 0.266 e. The molecule has 80 valence electrons. The van der Waals surface area contributed by atoms with Crippen LogP contribution >= 0.6 is 27.3 Å². The van der Waals surface area contributed by atoms with Gasteiger partial charge in [-0.1, -0.05) is 11.3 Å². The Labute approximate surface area is 97.9 Å². The zero-order valence-corrected chi connectivity index (χ0v) is 10.4. The van der Waals surface area contributed by atoms with Crippen LogP contribution in [0.1, 0.15) is 0 Å². The molecule has 2 rings (SSSR count). The lowest BCUT2D eigenvalue weighted by Gasteiger charge is -2.00. The summed E-state index contributed by atoms with van der Waals surface area (Å²) in [6.07, 6.45) is 4.05. The van der Waals surface area contributed by atoms with E-state index in [1.807, 2.05) is 0 Å². The van der Waals surface area contributed by atoms with Gasteiger partial charge in [-0.05, 0) is 15.9 Å². The highest BCUT2D eigenvalue weighted by atomic mass is 79.9. The number of aromatic amines is 1. The molecule has 2 heterocycles. The Balaban J connectivity index is 2.26. The molecule has 9 heteroatoms. The molecule has 0 aliphatic heterocycles. The van der Waals surface area contributed by atoms with E-state index >= 15 is 0 Å². The van der Waals surface area contributed by atoms with Crippen molar-refractivity contribution in [2.24, 2.45) is 0 Å². The molecule has 0 aliphatic carbocycles. The molecule has 0 aliphatic rings. The molecule has 0 amide bonds. The molecule has 0 aromatic carbocycles. The van der Waals surface area contributed by atoms with E-state index in [1.165, 1.54) is 29.9 Å². The fraction of sp³-hybridized carbons (Fsp3) is 0. The third kappa shape index (κ3) is 2.36. The van der Waals surface area contributed by atoms with Crippen LogP contribution in [0.5, 0.6) is 0 Å².